The van der Waals surface area contributed by atoms with E-state index < -0.39 is 6.92 Å². The Labute approximate surface area is 73.6 Å². The van der Waals surface area contributed by atoms with E-state index in [1.54, 1.807) is 0 Å². The zero-order valence-electron chi connectivity index (χ0n) is 7.34. The summed E-state index contributed by atoms with van der Waals surface area (Å²) in [5, 5.41) is 0. The molecule has 0 saturated carbocycles. The summed E-state index contributed by atoms with van der Waals surface area (Å²) in [6.07, 6.45) is 4.82. The molecule has 0 aliphatic rings. The first-order valence-corrected chi connectivity index (χ1v) is 8.25. The molecule has 0 aromatic carbocycles. The van der Waals surface area contributed by atoms with Crippen molar-refractivity contribution < 1.29 is 9.79 Å². The predicted molar refractivity (Wildman–Crippen MR) is 55.3 cm³/mol. The second kappa shape index (κ2) is 6.24. The maximum atomic E-state index is 9.03. The van der Waals surface area contributed by atoms with E-state index in [-0.39, 0.29) is 0 Å². The molecule has 0 rings (SSSR count). The molecule has 0 unspecified atom stereocenters. The van der Waals surface area contributed by atoms with Gasteiger partial charge in [-0.15, -0.1) is 0 Å². The molecule has 0 spiro atoms. The van der Waals surface area contributed by atoms with Crippen LogP contribution in [-0.4, -0.2) is 22.2 Å². The Morgan fingerprint density at radius 2 is 1.82 bits per heavy atom. The molecule has 0 aliphatic heterocycles. The fourth-order valence-electron chi connectivity index (χ4n) is 0.794. The van der Waals surface area contributed by atoms with Crippen molar-refractivity contribution in [1.29, 1.82) is 0 Å². The topological polar surface area (TPSA) is 40.5 Å². The Morgan fingerprint density at radius 3 is 2.27 bits per heavy atom. The third-order valence-electron chi connectivity index (χ3n) is 1.37. The molecule has 0 radical (unpaired) electrons. The second-order valence-electron chi connectivity index (χ2n) is 2.84. The number of hydrogen-bond acceptors (Lipinski definition) is 3. The van der Waals surface area contributed by atoms with E-state index in [0.717, 1.165) is 12.2 Å². The van der Waals surface area contributed by atoms with Gasteiger partial charge in [0, 0.05) is 0 Å². The van der Waals surface area contributed by atoms with Gasteiger partial charge >= 0.3 is 73.1 Å². The van der Waals surface area contributed by atoms with E-state index in [2.05, 4.69) is 6.92 Å². The van der Waals surface area contributed by atoms with E-state index in [0.29, 0.717) is 0 Å². The Balaban J connectivity index is 3.02. The Morgan fingerprint density at radius 1 is 1.18 bits per heavy atom. The first-order chi connectivity index (χ1) is 5.06. The van der Waals surface area contributed by atoms with Crippen LogP contribution in [0.3, 0.4) is 0 Å². The molecule has 0 amide bonds. The zero-order valence-corrected chi connectivity index (χ0v) is 9.15. The van der Waals surface area contributed by atoms with Gasteiger partial charge in [0.25, 0.3) is 0 Å². The standard InChI is InChI=1S/C7H19O2PS/c1-3-4-5-6-7-11-10(2,8)9/h8-10H,3-7H2,1-2H3. The van der Waals surface area contributed by atoms with Crippen molar-refractivity contribution in [2.24, 2.45) is 0 Å². The molecule has 2 nitrogen and oxygen atoms in total. The van der Waals surface area contributed by atoms with Crippen LogP contribution in [0.1, 0.15) is 32.6 Å². The van der Waals surface area contributed by atoms with Crippen molar-refractivity contribution >= 4 is 18.3 Å². The summed E-state index contributed by atoms with van der Waals surface area (Å²) in [6, 6.07) is 0. The van der Waals surface area contributed by atoms with Crippen LogP contribution in [0.5, 0.6) is 0 Å². The van der Waals surface area contributed by atoms with Gasteiger partial charge in [-0.2, -0.15) is 0 Å². The number of hydrogen-bond donors (Lipinski definition) is 2. The van der Waals surface area contributed by atoms with Crippen LogP contribution < -0.4 is 0 Å². The Bertz CT molecular complexity index is 92.9. The van der Waals surface area contributed by atoms with Crippen LogP contribution in [-0.2, 0) is 0 Å². The molecule has 0 aliphatic carbocycles. The van der Waals surface area contributed by atoms with Crippen molar-refractivity contribution in [3.8, 4) is 0 Å². The normalized spacial score (nSPS) is 13.5. The second-order valence-corrected chi connectivity index (χ2v) is 8.59. The van der Waals surface area contributed by atoms with Gasteiger partial charge in [-0.05, 0) is 0 Å². The SMILES string of the molecule is CCCCCCS[PH](C)(O)O. The molecule has 11 heavy (non-hydrogen) atoms. The fourth-order valence-corrected chi connectivity index (χ4v) is 3.12. The molecule has 0 aromatic rings. The van der Waals surface area contributed by atoms with E-state index >= 15 is 0 Å². The molecule has 70 valence electrons. The predicted octanol–water partition coefficient (Wildman–Crippen LogP) is 2.41. The molecule has 0 bridgehead atoms. The van der Waals surface area contributed by atoms with E-state index in [1.807, 2.05) is 0 Å². The zero-order chi connectivity index (χ0) is 8.74. The Kier molecular flexibility index (Phi) is 6.64. The van der Waals surface area contributed by atoms with Gasteiger partial charge < -0.3 is 0 Å². The summed E-state index contributed by atoms with van der Waals surface area (Å²) in [4.78, 5) is 18.1. The summed E-state index contributed by atoms with van der Waals surface area (Å²) >= 11 is 1.33. The van der Waals surface area contributed by atoms with Gasteiger partial charge in [0.05, 0.1) is 0 Å². The first-order valence-electron chi connectivity index (χ1n) is 4.15. The quantitative estimate of drug-likeness (QED) is 0.508. The molecule has 0 aromatic heterocycles. The summed E-state index contributed by atoms with van der Waals surface area (Å²) < 4.78 is 0. The molecule has 4 heteroatoms. The van der Waals surface area contributed by atoms with Crippen LogP contribution in [0.15, 0.2) is 0 Å². The summed E-state index contributed by atoms with van der Waals surface area (Å²) in [5.74, 6) is 0.899. The third kappa shape index (κ3) is 10.7. The minimum absolute atomic E-state index is 0.899. The number of rotatable bonds is 6. The van der Waals surface area contributed by atoms with Gasteiger partial charge in [0.1, 0.15) is 0 Å². The van der Waals surface area contributed by atoms with Gasteiger partial charge in [0.15, 0.2) is 0 Å². The van der Waals surface area contributed by atoms with E-state index in [1.165, 1.54) is 37.3 Å². The monoisotopic (exact) mass is 198 g/mol. The van der Waals surface area contributed by atoms with Crippen molar-refractivity contribution in [2.45, 2.75) is 32.6 Å². The fraction of sp³-hybridized carbons (Fsp3) is 1.00. The van der Waals surface area contributed by atoms with Crippen LogP contribution in [0.25, 0.3) is 0 Å². The molecule has 0 saturated heterocycles. The van der Waals surface area contributed by atoms with Gasteiger partial charge in [-0.3, -0.25) is 0 Å². The molecule has 2 N–H and O–H groups in total. The van der Waals surface area contributed by atoms with Gasteiger partial charge in [0.2, 0.25) is 0 Å². The molecule has 0 atom stereocenters. The maximum absolute atomic E-state index is 9.03. The van der Waals surface area contributed by atoms with Crippen molar-refractivity contribution in [1.82, 2.24) is 0 Å². The summed E-state index contributed by atoms with van der Waals surface area (Å²) in [7, 11) is 0. The summed E-state index contributed by atoms with van der Waals surface area (Å²) in [6.45, 7) is 0.909. The third-order valence-corrected chi connectivity index (χ3v) is 4.67. The van der Waals surface area contributed by atoms with Crippen LogP contribution in [0, 0.1) is 0 Å². The molecule has 0 fully saturated rings. The van der Waals surface area contributed by atoms with Gasteiger partial charge in [-0.1, -0.05) is 0 Å². The molecular formula is C7H19O2PS. The van der Waals surface area contributed by atoms with Crippen LogP contribution in [0.2, 0.25) is 0 Å². The van der Waals surface area contributed by atoms with E-state index in [4.69, 9.17) is 9.79 Å². The van der Waals surface area contributed by atoms with Crippen molar-refractivity contribution in [3.63, 3.8) is 0 Å². The van der Waals surface area contributed by atoms with Crippen LogP contribution in [0.4, 0.5) is 0 Å². The average molecular weight is 198 g/mol. The van der Waals surface area contributed by atoms with Crippen LogP contribution >= 0.6 is 18.3 Å². The first kappa shape index (κ1) is 11.7. The number of unbranched alkanes of at least 4 members (excludes halogenated alkanes) is 3. The molecule has 0 heterocycles. The van der Waals surface area contributed by atoms with Crippen molar-refractivity contribution in [2.75, 3.05) is 12.4 Å². The van der Waals surface area contributed by atoms with Gasteiger partial charge in [-0.25, -0.2) is 0 Å². The van der Waals surface area contributed by atoms with E-state index in [9.17, 15) is 0 Å². The Hall–Kier alpha value is 0.700. The molecular weight excluding hydrogens is 179 g/mol. The minimum atomic E-state index is -2.80. The summed E-state index contributed by atoms with van der Waals surface area (Å²) in [5.41, 5.74) is 0. The average Bonchev–Trinajstić information content (AvgIpc) is 1.85. The van der Waals surface area contributed by atoms with Crippen molar-refractivity contribution in [3.05, 3.63) is 0 Å².